The smallest absolute Gasteiger partial charge is 0.0617 e. The van der Waals surface area contributed by atoms with Gasteiger partial charge in [0.15, 0.2) is 0 Å². The molecule has 0 saturated heterocycles. The maximum absolute atomic E-state index is 9.78. The van der Waals surface area contributed by atoms with E-state index in [1.54, 1.807) is 0 Å². The summed E-state index contributed by atoms with van der Waals surface area (Å²) in [6.45, 7) is 9.10. The molecule has 0 aliphatic carbocycles. The van der Waals surface area contributed by atoms with Crippen molar-refractivity contribution in [3.63, 3.8) is 0 Å². The van der Waals surface area contributed by atoms with Crippen molar-refractivity contribution in [1.29, 1.82) is 0 Å². The second-order valence-corrected chi connectivity index (χ2v) is 4.62. The van der Waals surface area contributed by atoms with Gasteiger partial charge in [0.1, 0.15) is 0 Å². The van der Waals surface area contributed by atoms with Crippen LogP contribution in [0.25, 0.3) is 0 Å². The van der Waals surface area contributed by atoms with Gasteiger partial charge in [0.2, 0.25) is 0 Å². The van der Waals surface area contributed by atoms with Crippen molar-refractivity contribution in [2.45, 2.75) is 77.9 Å². The Morgan fingerprint density at radius 3 is 2.20 bits per heavy atom. The zero-order valence-corrected chi connectivity index (χ0v) is 10.9. The lowest BCUT2D eigenvalue weighted by Gasteiger charge is -2.21. The van der Waals surface area contributed by atoms with Crippen LogP contribution in [0.4, 0.5) is 0 Å². The van der Waals surface area contributed by atoms with Gasteiger partial charge < -0.3 is 9.84 Å². The summed E-state index contributed by atoms with van der Waals surface area (Å²) in [5.74, 6) is 0. The Morgan fingerprint density at radius 1 is 1.13 bits per heavy atom. The van der Waals surface area contributed by atoms with Crippen LogP contribution in [0.15, 0.2) is 0 Å². The minimum Gasteiger partial charge on any atom is -0.390 e. The lowest BCUT2D eigenvalue weighted by Crippen LogP contribution is -2.22. The standard InChI is InChI=1S/C13H28O2/c1-5-12(6-2)15-11-9-8-10-13(4,14)7-3/h12,14H,5-11H2,1-4H3. The van der Waals surface area contributed by atoms with E-state index in [-0.39, 0.29) is 0 Å². The molecule has 0 aliphatic heterocycles. The quantitative estimate of drug-likeness (QED) is 0.597. The van der Waals surface area contributed by atoms with E-state index in [0.29, 0.717) is 6.10 Å². The predicted molar refractivity (Wildman–Crippen MR) is 65.1 cm³/mol. The molecule has 0 saturated carbocycles. The number of unbranched alkanes of at least 4 members (excludes halogenated alkanes) is 1. The summed E-state index contributed by atoms with van der Waals surface area (Å²) >= 11 is 0. The molecule has 15 heavy (non-hydrogen) atoms. The fourth-order valence-electron chi connectivity index (χ4n) is 1.56. The minimum absolute atomic E-state index is 0.427. The monoisotopic (exact) mass is 216 g/mol. The second kappa shape index (κ2) is 8.12. The van der Waals surface area contributed by atoms with Crippen molar-refractivity contribution in [1.82, 2.24) is 0 Å². The summed E-state index contributed by atoms with van der Waals surface area (Å²) in [4.78, 5) is 0. The molecule has 92 valence electrons. The van der Waals surface area contributed by atoms with E-state index >= 15 is 0 Å². The summed E-state index contributed by atoms with van der Waals surface area (Å²) in [7, 11) is 0. The Hall–Kier alpha value is -0.0800. The first-order valence-corrected chi connectivity index (χ1v) is 6.39. The van der Waals surface area contributed by atoms with Crippen LogP contribution in [0.1, 0.15) is 66.2 Å². The van der Waals surface area contributed by atoms with Crippen LogP contribution in [0.2, 0.25) is 0 Å². The molecule has 0 aromatic heterocycles. The van der Waals surface area contributed by atoms with Crippen molar-refractivity contribution < 1.29 is 9.84 Å². The SMILES string of the molecule is CCC(CC)OCCCCC(C)(O)CC. The van der Waals surface area contributed by atoms with Crippen LogP contribution in [-0.4, -0.2) is 23.4 Å². The lowest BCUT2D eigenvalue weighted by molar-refractivity contribution is 0.0281. The van der Waals surface area contributed by atoms with E-state index in [1.807, 2.05) is 13.8 Å². The molecule has 0 amide bonds. The molecule has 0 aromatic rings. The Labute approximate surface area is 95.0 Å². The average molecular weight is 216 g/mol. The number of ether oxygens (including phenoxy) is 1. The molecule has 0 fully saturated rings. The Morgan fingerprint density at radius 2 is 1.73 bits per heavy atom. The highest BCUT2D eigenvalue weighted by Crippen LogP contribution is 2.17. The average Bonchev–Trinajstić information content (AvgIpc) is 2.23. The van der Waals surface area contributed by atoms with E-state index in [1.165, 1.54) is 0 Å². The van der Waals surface area contributed by atoms with E-state index in [2.05, 4.69) is 13.8 Å². The molecular weight excluding hydrogens is 188 g/mol. The first kappa shape index (κ1) is 14.9. The molecule has 1 unspecified atom stereocenters. The van der Waals surface area contributed by atoms with Crippen molar-refractivity contribution in [2.24, 2.45) is 0 Å². The summed E-state index contributed by atoms with van der Waals surface area (Å²) in [5, 5.41) is 9.78. The largest absolute Gasteiger partial charge is 0.390 e. The fraction of sp³-hybridized carbons (Fsp3) is 1.00. The predicted octanol–water partition coefficient (Wildman–Crippen LogP) is 3.52. The number of aliphatic hydroxyl groups is 1. The van der Waals surface area contributed by atoms with Gasteiger partial charge in [-0.2, -0.15) is 0 Å². The van der Waals surface area contributed by atoms with Crippen LogP contribution in [0.3, 0.4) is 0 Å². The molecule has 2 heteroatoms. The van der Waals surface area contributed by atoms with Gasteiger partial charge in [0.25, 0.3) is 0 Å². The third-order valence-corrected chi connectivity index (χ3v) is 3.14. The zero-order chi connectivity index (χ0) is 11.7. The normalized spacial score (nSPS) is 15.6. The molecule has 0 heterocycles. The fourth-order valence-corrected chi connectivity index (χ4v) is 1.56. The van der Waals surface area contributed by atoms with Gasteiger partial charge >= 0.3 is 0 Å². The Balaban J connectivity index is 3.39. The van der Waals surface area contributed by atoms with Gasteiger partial charge in [-0.1, -0.05) is 20.8 Å². The van der Waals surface area contributed by atoms with Gasteiger partial charge in [-0.15, -0.1) is 0 Å². The van der Waals surface area contributed by atoms with Crippen LogP contribution in [0, 0.1) is 0 Å². The number of hydrogen-bond acceptors (Lipinski definition) is 2. The van der Waals surface area contributed by atoms with Crippen LogP contribution in [0.5, 0.6) is 0 Å². The topological polar surface area (TPSA) is 29.5 Å². The molecule has 0 radical (unpaired) electrons. The summed E-state index contributed by atoms with van der Waals surface area (Å²) in [6.07, 6.45) is 6.47. The molecule has 0 aliphatic rings. The van der Waals surface area contributed by atoms with Gasteiger partial charge in [-0.25, -0.2) is 0 Å². The molecule has 0 bridgehead atoms. The maximum atomic E-state index is 9.78. The third-order valence-electron chi connectivity index (χ3n) is 3.14. The minimum atomic E-state index is -0.477. The Kier molecular flexibility index (Phi) is 8.07. The van der Waals surface area contributed by atoms with Crippen molar-refractivity contribution in [3.05, 3.63) is 0 Å². The zero-order valence-electron chi connectivity index (χ0n) is 10.9. The highest BCUT2D eigenvalue weighted by Gasteiger charge is 2.16. The second-order valence-electron chi connectivity index (χ2n) is 4.62. The first-order chi connectivity index (χ1) is 7.05. The van der Waals surface area contributed by atoms with Gasteiger partial charge in [-0.05, 0) is 45.4 Å². The van der Waals surface area contributed by atoms with Crippen molar-refractivity contribution >= 4 is 0 Å². The van der Waals surface area contributed by atoms with E-state index in [9.17, 15) is 5.11 Å². The molecular formula is C13H28O2. The van der Waals surface area contributed by atoms with Crippen LogP contribution >= 0.6 is 0 Å². The molecule has 0 aromatic carbocycles. The van der Waals surface area contributed by atoms with Crippen LogP contribution in [-0.2, 0) is 4.74 Å². The Bertz CT molecular complexity index is 139. The van der Waals surface area contributed by atoms with E-state index in [0.717, 1.165) is 45.1 Å². The summed E-state index contributed by atoms with van der Waals surface area (Å²) in [5.41, 5.74) is -0.477. The molecule has 1 atom stereocenters. The van der Waals surface area contributed by atoms with Crippen molar-refractivity contribution in [3.8, 4) is 0 Å². The van der Waals surface area contributed by atoms with E-state index < -0.39 is 5.60 Å². The van der Waals surface area contributed by atoms with Crippen LogP contribution < -0.4 is 0 Å². The lowest BCUT2D eigenvalue weighted by atomic mass is 9.96. The van der Waals surface area contributed by atoms with Gasteiger partial charge in [-0.3, -0.25) is 0 Å². The summed E-state index contributed by atoms with van der Waals surface area (Å²) in [6, 6.07) is 0. The summed E-state index contributed by atoms with van der Waals surface area (Å²) < 4.78 is 5.71. The number of rotatable bonds is 9. The molecule has 2 nitrogen and oxygen atoms in total. The van der Waals surface area contributed by atoms with Crippen molar-refractivity contribution in [2.75, 3.05) is 6.61 Å². The number of hydrogen-bond donors (Lipinski definition) is 1. The first-order valence-electron chi connectivity index (χ1n) is 6.39. The highest BCUT2D eigenvalue weighted by atomic mass is 16.5. The third kappa shape index (κ3) is 7.80. The van der Waals surface area contributed by atoms with Gasteiger partial charge in [0.05, 0.1) is 11.7 Å². The maximum Gasteiger partial charge on any atom is 0.0617 e. The molecule has 0 rings (SSSR count). The molecule has 1 N–H and O–H groups in total. The van der Waals surface area contributed by atoms with Gasteiger partial charge in [0, 0.05) is 6.61 Å². The highest BCUT2D eigenvalue weighted by molar-refractivity contribution is 4.69. The molecule has 0 spiro atoms. The van der Waals surface area contributed by atoms with E-state index in [4.69, 9.17) is 4.74 Å².